The Kier molecular flexibility index (Phi) is 4.58. The molecular formula is C23H17N3OS2. The second-order valence-electron chi connectivity index (χ2n) is 6.69. The summed E-state index contributed by atoms with van der Waals surface area (Å²) in [5.41, 5.74) is 2.86. The van der Waals surface area contributed by atoms with Crippen molar-refractivity contribution in [3.8, 4) is 11.1 Å². The molecule has 5 rings (SSSR count). The molecule has 0 aliphatic heterocycles. The van der Waals surface area contributed by atoms with Gasteiger partial charge in [0, 0.05) is 16.7 Å². The summed E-state index contributed by atoms with van der Waals surface area (Å²) in [4.78, 5) is 18.4. The first kappa shape index (κ1) is 18.0. The van der Waals surface area contributed by atoms with Gasteiger partial charge in [-0.25, -0.2) is 9.66 Å². The minimum absolute atomic E-state index is 0.212. The maximum absolute atomic E-state index is 13.0. The van der Waals surface area contributed by atoms with Crippen LogP contribution in [0.4, 0.5) is 0 Å². The van der Waals surface area contributed by atoms with Crippen LogP contribution in [0.1, 0.15) is 5.56 Å². The van der Waals surface area contributed by atoms with Gasteiger partial charge < -0.3 is 5.84 Å². The summed E-state index contributed by atoms with van der Waals surface area (Å²) < 4.78 is 1.18. The standard InChI is InChI=1S/C23H17N3OS2/c24-26-22(27)20-19(16-7-2-1-3-8-16)14-28-21(20)25-23(26)29-13-17-11-6-10-15-9-4-5-12-18(15)17/h1-12,14H,13,24H2. The zero-order valence-corrected chi connectivity index (χ0v) is 17.0. The molecule has 0 aliphatic rings. The van der Waals surface area contributed by atoms with E-state index in [-0.39, 0.29) is 5.56 Å². The topological polar surface area (TPSA) is 60.9 Å². The number of thiophene rings is 1. The predicted octanol–water partition coefficient (Wildman–Crippen LogP) is 5.28. The van der Waals surface area contributed by atoms with Gasteiger partial charge in [-0.15, -0.1) is 11.3 Å². The normalized spacial score (nSPS) is 11.3. The molecule has 0 saturated carbocycles. The van der Waals surface area contributed by atoms with E-state index in [0.29, 0.717) is 16.3 Å². The highest BCUT2D eigenvalue weighted by molar-refractivity contribution is 7.98. The van der Waals surface area contributed by atoms with Crippen LogP contribution in [0.3, 0.4) is 0 Å². The Bertz CT molecular complexity index is 1380. The van der Waals surface area contributed by atoms with E-state index in [2.05, 4.69) is 30.3 Å². The molecule has 0 fully saturated rings. The molecule has 0 aliphatic carbocycles. The van der Waals surface area contributed by atoms with E-state index in [1.807, 2.05) is 47.8 Å². The SMILES string of the molecule is Nn1c(SCc2cccc3ccccc23)nc2scc(-c3ccccc3)c2c1=O. The summed E-state index contributed by atoms with van der Waals surface area (Å²) in [6.45, 7) is 0. The van der Waals surface area contributed by atoms with Gasteiger partial charge in [0.25, 0.3) is 5.56 Å². The molecule has 0 amide bonds. The minimum atomic E-state index is -0.212. The van der Waals surface area contributed by atoms with Gasteiger partial charge in [-0.1, -0.05) is 84.6 Å². The van der Waals surface area contributed by atoms with Crippen molar-refractivity contribution in [2.24, 2.45) is 0 Å². The highest BCUT2D eigenvalue weighted by Gasteiger charge is 2.16. The lowest BCUT2D eigenvalue weighted by Gasteiger charge is -2.09. The molecule has 0 bridgehead atoms. The van der Waals surface area contributed by atoms with Crippen LogP contribution in [0.2, 0.25) is 0 Å². The number of hydrogen-bond donors (Lipinski definition) is 1. The summed E-state index contributed by atoms with van der Waals surface area (Å²) in [6, 6.07) is 24.4. The monoisotopic (exact) mass is 415 g/mol. The van der Waals surface area contributed by atoms with Crippen LogP contribution in [-0.2, 0) is 5.75 Å². The number of aromatic nitrogens is 2. The molecule has 0 saturated heterocycles. The van der Waals surface area contributed by atoms with E-state index < -0.39 is 0 Å². The van der Waals surface area contributed by atoms with Gasteiger partial charge in [-0.2, -0.15) is 0 Å². The molecule has 3 aromatic carbocycles. The number of rotatable bonds is 4. The van der Waals surface area contributed by atoms with Crippen LogP contribution >= 0.6 is 23.1 Å². The van der Waals surface area contributed by atoms with Crippen LogP contribution in [0.5, 0.6) is 0 Å². The first-order valence-corrected chi connectivity index (χ1v) is 11.0. The predicted molar refractivity (Wildman–Crippen MR) is 123 cm³/mol. The number of nitrogen functional groups attached to an aromatic ring is 1. The fraction of sp³-hybridized carbons (Fsp3) is 0.0435. The molecule has 2 aromatic heterocycles. The fourth-order valence-corrected chi connectivity index (χ4v) is 5.39. The number of nitrogens with zero attached hydrogens (tertiary/aromatic N) is 2. The quantitative estimate of drug-likeness (QED) is 0.246. The van der Waals surface area contributed by atoms with Gasteiger partial charge in [-0.05, 0) is 21.9 Å². The summed E-state index contributed by atoms with van der Waals surface area (Å²) in [7, 11) is 0. The molecular weight excluding hydrogens is 398 g/mol. The van der Waals surface area contributed by atoms with Crippen molar-refractivity contribution in [2.45, 2.75) is 10.9 Å². The van der Waals surface area contributed by atoms with E-state index in [0.717, 1.165) is 16.0 Å². The van der Waals surface area contributed by atoms with Gasteiger partial charge in [0.15, 0.2) is 5.16 Å². The molecule has 2 heterocycles. The lowest BCUT2D eigenvalue weighted by molar-refractivity contribution is 0.782. The Morgan fingerprint density at radius 2 is 1.72 bits per heavy atom. The number of nitrogens with two attached hydrogens (primary N) is 1. The Hall–Kier alpha value is -3.09. The van der Waals surface area contributed by atoms with Gasteiger partial charge in [-0.3, -0.25) is 4.79 Å². The van der Waals surface area contributed by atoms with Gasteiger partial charge in [0.1, 0.15) is 4.83 Å². The second-order valence-corrected chi connectivity index (χ2v) is 8.49. The van der Waals surface area contributed by atoms with Crippen molar-refractivity contribution in [3.05, 3.63) is 94.1 Å². The number of thioether (sulfide) groups is 1. The molecule has 0 radical (unpaired) electrons. The zero-order chi connectivity index (χ0) is 19.8. The van der Waals surface area contributed by atoms with E-state index >= 15 is 0 Å². The van der Waals surface area contributed by atoms with Crippen LogP contribution in [0, 0.1) is 0 Å². The van der Waals surface area contributed by atoms with Crippen molar-refractivity contribution in [1.29, 1.82) is 0 Å². The van der Waals surface area contributed by atoms with Crippen molar-refractivity contribution in [3.63, 3.8) is 0 Å². The molecule has 0 atom stereocenters. The highest BCUT2D eigenvalue weighted by Crippen LogP contribution is 2.32. The zero-order valence-electron chi connectivity index (χ0n) is 15.4. The third-order valence-corrected chi connectivity index (χ3v) is 6.80. The van der Waals surface area contributed by atoms with E-state index in [1.165, 1.54) is 44.1 Å². The molecule has 29 heavy (non-hydrogen) atoms. The summed E-state index contributed by atoms with van der Waals surface area (Å²) >= 11 is 2.96. The minimum Gasteiger partial charge on any atom is -0.334 e. The van der Waals surface area contributed by atoms with Crippen LogP contribution in [-0.4, -0.2) is 9.66 Å². The van der Waals surface area contributed by atoms with Crippen LogP contribution in [0.25, 0.3) is 32.1 Å². The Morgan fingerprint density at radius 3 is 2.59 bits per heavy atom. The second kappa shape index (κ2) is 7.39. The largest absolute Gasteiger partial charge is 0.334 e. The van der Waals surface area contributed by atoms with E-state index in [9.17, 15) is 4.79 Å². The average Bonchev–Trinajstić information content (AvgIpc) is 3.20. The first-order chi connectivity index (χ1) is 14.2. The highest BCUT2D eigenvalue weighted by atomic mass is 32.2. The molecule has 0 unspecified atom stereocenters. The first-order valence-electron chi connectivity index (χ1n) is 9.16. The molecule has 0 spiro atoms. The maximum atomic E-state index is 13.0. The summed E-state index contributed by atoms with van der Waals surface area (Å²) in [5, 5.41) is 5.49. The lowest BCUT2D eigenvalue weighted by Crippen LogP contribution is -2.29. The van der Waals surface area contributed by atoms with Crippen LogP contribution < -0.4 is 11.4 Å². The van der Waals surface area contributed by atoms with E-state index in [1.54, 1.807) is 0 Å². The number of hydrogen-bond acceptors (Lipinski definition) is 5. The third kappa shape index (κ3) is 3.20. The fourth-order valence-electron chi connectivity index (χ4n) is 3.48. The summed E-state index contributed by atoms with van der Waals surface area (Å²) in [5.74, 6) is 6.85. The number of benzene rings is 3. The van der Waals surface area contributed by atoms with Crippen molar-refractivity contribution in [1.82, 2.24) is 9.66 Å². The third-order valence-electron chi connectivity index (χ3n) is 4.93. The summed E-state index contributed by atoms with van der Waals surface area (Å²) in [6.07, 6.45) is 0. The Labute approximate surface area is 175 Å². The van der Waals surface area contributed by atoms with Gasteiger partial charge >= 0.3 is 0 Å². The smallest absolute Gasteiger partial charge is 0.282 e. The van der Waals surface area contributed by atoms with Gasteiger partial charge in [0.05, 0.1) is 5.39 Å². The molecule has 4 nitrogen and oxygen atoms in total. The van der Waals surface area contributed by atoms with Crippen molar-refractivity contribution < 1.29 is 0 Å². The average molecular weight is 416 g/mol. The lowest BCUT2D eigenvalue weighted by atomic mass is 10.1. The maximum Gasteiger partial charge on any atom is 0.282 e. The van der Waals surface area contributed by atoms with Gasteiger partial charge in [0.2, 0.25) is 0 Å². The molecule has 2 N–H and O–H groups in total. The number of fused-ring (bicyclic) bond motifs is 2. The molecule has 5 aromatic rings. The van der Waals surface area contributed by atoms with Crippen molar-refractivity contribution >= 4 is 44.1 Å². The Morgan fingerprint density at radius 1 is 0.966 bits per heavy atom. The van der Waals surface area contributed by atoms with Crippen molar-refractivity contribution in [2.75, 3.05) is 5.84 Å². The van der Waals surface area contributed by atoms with Crippen LogP contribution in [0.15, 0.2) is 88.1 Å². The Balaban J connectivity index is 1.53. The molecule has 142 valence electrons. The molecule has 6 heteroatoms. The van der Waals surface area contributed by atoms with E-state index in [4.69, 9.17) is 10.8 Å².